The lowest BCUT2D eigenvalue weighted by Crippen LogP contribution is -2.78. The highest BCUT2D eigenvalue weighted by Crippen LogP contribution is 2.40. The molecule has 126 valence electrons. The van der Waals surface area contributed by atoms with E-state index in [1.807, 2.05) is 0 Å². The third-order valence-corrected chi connectivity index (χ3v) is 5.53. The molecule has 3 heterocycles. The minimum Gasteiger partial charge on any atom is -0.338 e. The molecule has 2 saturated heterocycles. The molecule has 3 rings (SSSR count). The van der Waals surface area contributed by atoms with E-state index in [0.29, 0.717) is 25.2 Å². The van der Waals surface area contributed by atoms with Gasteiger partial charge >= 0.3 is 0 Å². The van der Waals surface area contributed by atoms with Crippen molar-refractivity contribution in [3.8, 4) is 0 Å². The van der Waals surface area contributed by atoms with Crippen molar-refractivity contribution in [2.45, 2.75) is 18.4 Å². The highest BCUT2D eigenvalue weighted by Gasteiger charge is 2.56. The molecular weight excluding hydrogens is 320 g/mol. The van der Waals surface area contributed by atoms with Crippen LogP contribution < -0.4 is 0 Å². The van der Waals surface area contributed by atoms with E-state index in [-0.39, 0.29) is 29.5 Å². The van der Waals surface area contributed by atoms with Crippen LogP contribution in [-0.4, -0.2) is 77.0 Å². The lowest BCUT2D eigenvalue weighted by Gasteiger charge is -2.62. The van der Waals surface area contributed by atoms with Gasteiger partial charge in [0.25, 0.3) is 5.91 Å². The summed E-state index contributed by atoms with van der Waals surface area (Å²) in [6.07, 6.45) is 5.22. The van der Waals surface area contributed by atoms with Crippen LogP contribution in [0.3, 0.4) is 0 Å². The van der Waals surface area contributed by atoms with Gasteiger partial charge in [0.1, 0.15) is 9.84 Å². The Morgan fingerprint density at radius 1 is 1.35 bits per heavy atom. The Bertz CT molecular complexity index is 749. The fourth-order valence-electron chi connectivity index (χ4n) is 3.14. The highest BCUT2D eigenvalue weighted by atomic mass is 32.2. The number of rotatable bonds is 4. The highest BCUT2D eigenvalue weighted by molar-refractivity contribution is 7.90. The van der Waals surface area contributed by atoms with Crippen LogP contribution in [0.15, 0.2) is 12.4 Å². The molecule has 2 aliphatic rings. The zero-order valence-electron chi connectivity index (χ0n) is 13.2. The van der Waals surface area contributed by atoms with Gasteiger partial charge < -0.3 is 9.80 Å². The quantitative estimate of drug-likeness (QED) is 0.721. The molecule has 1 aromatic heterocycles. The van der Waals surface area contributed by atoms with Crippen LogP contribution in [0.2, 0.25) is 0 Å². The second-order valence-electron chi connectivity index (χ2n) is 6.46. The first-order valence-corrected chi connectivity index (χ1v) is 9.52. The third kappa shape index (κ3) is 2.97. The first-order valence-electron chi connectivity index (χ1n) is 7.46. The van der Waals surface area contributed by atoms with Crippen molar-refractivity contribution in [1.29, 1.82) is 0 Å². The zero-order valence-corrected chi connectivity index (χ0v) is 14.0. The molecule has 0 radical (unpaired) electrons. The number of carbonyl (C=O) groups excluding carboxylic acids is 2. The number of carbonyl (C=O) groups is 2. The minimum absolute atomic E-state index is 0.00542. The number of hydrogen-bond acceptors (Lipinski definition) is 5. The molecule has 0 saturated carbocycles. The number of nitrogens with zero attached hydrogens (tertiary/aromatic N) is 4. The van der Waals surface area contributed by atoms with Gasteiger partial charge in [0.2, 0.25) is 5.91 Å². The molecule has 0 aliphatic carbocycles. The molecule has 23 heavy (non-hydrogen) atoms. The maximum absolute atomic E-state index is 12.5. The summed E-state index contributed by atoms with van der Waals surface area (Å²) < 4.78 is 23.8. The number of sulfone groups is 1. The van der Waals surface area contributed by atoms with E-state index >= 15 is 0 Å². The Labute approximate surface area is 135 Å². The SMILES string of the molecule is Cn1cc(C(=O)N2CCC23CN(C(=O)CCS(C)(=O)=O)C3)cn1. The largest absolute Gasteiger partial charge is 0.338 e. The number of amides is 2. The number of hydrogen-bond donors (Lipinski definition) is 0. The van der Waals surface area contributed by atoms with Crippen molar-refractivity contribution in [1.82, 2.24) is 19.6 Å². The van der Waals surface area contributed by atoms with Crippen LogP contribution in [0.5, 0.6) is 0 Å². The van der Waals surface area contributed by atoms with Gasteiger partial charge in [0, 0.05) is 45.6 Å². The van der Waals surface area contributed by atoms with E-state index in [1.165, 1.54) is 0 Å². The Morgan fingerprint density at radius 2 is 2.04 bits per heavy atom. The van der Waals surface area contributed by atoms with Crippen molar-refractivity contribution >= 4 is 21.7 Å². The number of aryl methyl sites for hydroxylation is 1. The second-order valence-corrected chi connectivity index (χ2v) is 8.72. The summed E-state index contributed by atoms with van der Waals surface area (Å²) in [4.78, 5) is 27.9. The molecule has 2 amide bonds. The van der Waals surface area contributed by atoms with Gasteiger partial charge in [-0.1, -0.05) is 0 Å². The van der Waals surface area contributed by atoms with E-state index < -0.39 is 9.84 Å². The second kappa shape index (κ2) is 5.33. The van der Waals surface area contributed by atoms with Gasteiger partial charge in [-0.15, -0.1) is 0 Å². The number of likely N-dealkylation sites (tertiary alicyclic amines) is 2. The van der Waals surface area contributed by atoms with E-state index in [1.54, 1.807) is 33.9 Å². The number of aromatic nitrogens is 2. The summed E-state index contributed by atoms with van der Waals surface area (Å²) in [6, 6.07) is 0. The summed E-state index contributed by atoms with van der Waals surface area (Å²) in [5.41, 5.74) is 0.279. The average molecular weight is 340 g/mol. The van der Waals surface area contributed by atoms with Crippen LogP contribution in [-0.2, 0) is 21.7 Å². The Kier molecular flexibility index (Phi) is 3.70. The molecule has 8 nitrogen and oxygen atoms in total. The molecule has 1 aromatic rings. The summed E-state index contributed by atoms with van der Waals surface area (Å²) >= 11 is 0. The first-order chi connectivity index (χ1) is 10.7. The Balaban J connectivity index is 1.57. The molecule has 9 heteroatoms. The molecular formula is C14H20N4O4S. The summed E-state index contributed by atoms with van der Waals surface area (Å²) in [5, 5.41) is 4.01. The average Bonchev–Trinajstić information content (AvgIpc) is 2.79. The summed E-state index contributed by atoms with van der Waals surface area (Å²) in [6.45, 7) is 1.66. The monoisotopic (exact) mass is 340 g/mol. The van der Waals surface area contributed by atoms with Crippen LogP contribution in [0.4, 0.5) is 0 Å². The van der Waals surface area contributed by atoms with Crippen LogP contribution in [0.25, 0.3) is 0 Å². The van der Waals surface area contributed by atoms with Crippen molar-refractivity contribution in [2.24, 2.45) is 7.05 Å². The van der Waals surface area contributed by atoms with Crippen LogP contribution in [0.1, 0.15) is 23.2 Å². The lowest BCUT2D eigenvalue weighted by atomic mass is 9.77. The zero-order chi connectivity index (χ0) is 16.8. The first kappa shape index (κ1) is 16.0. The molecule has 0 bridgehead atoms. The van der Waals surface area contributed by atoms with Crippen molar-refractivity contribution in [2.75, 3.05) is 31.6 Å². The van der Waals surface area contributed by atoms with Gasteiger partial charge in [-0.05, 0) is 6.42 Å². The lowest BCUT2D eigenvalue weighted by molar-refractivity contribution is -0.153. The fourth-order valence-corrected chi connectivity index (χ4v) is 3.69. The molecule has 0 aromatic carbocycles. The van der Waals surface area contributed by atoms with E-state index in [9.17, 15) is 18.0 Å². The van der Waals surface area contributed by atoms with Crippen LogP contribution in [0, 0.1) is 0 Å². The maximum Gasteiger partial charge on any atom is 0.257 e. The summed E-state index contributed by atoms with van der Waals surface area (Å²) in [7, 11) is -1.38. The van der Waals surface area contributed by atoms with Crippen molar-refractivity contribution in [3.05, 3.63) is 18.0 Å². The molecule has 2 fully saturated rings. The Hall–Kier alpha value is -1.90. The van der Waals surface area contributed by atoms with Gasteiger partial charge in [-0.2, -0.15) is 5.10 Å². The topological polar surface area (TPSA) is 92.6 Å². The third-order valence-electron chi connectivity index (χ3n) is 4.58. The standard InChI is InChI=1S/C14H20N4O4S/c1-16-8-11(7-15-16)13(20)18-5-4-14(18)9-17(10-14)12(19)3-6-23(2,21)22/h7-8H,3-6,9-10H2,1-2H3. The molecule has 2 aliphatic heterocycles. The van der Waals surface area contributed by atoms with Crippen molar-refractivity contribution < 1.29 is 18.0 Å². The van der Waals surface area contributed by atoms with E-state index in [2.05, 4.69) is 5.10 Å². The van der Waals surface area contributed by atoms with Gasteiger partial charge in [0.05, 0.1) is 23.1 Å². The fraction of sp³-hybridized carbons (Fsp3) is 0.643. The molecule has 0 atom stereocenters. The smallest absolute Gasteiger partial charge is 0.257 e. The minimum atomic E-state index is -3.14. The predicted octanol–water partition coefficient (Wildman–Crippen LogP) is -0.718. The molecule has 1 spiro atoms. The Morgan fingerprint density at radius 3 is 2.52 bits per heavy atom. The van der Waals surface area contributed by atoms with Gasteiger partial charge in [-0.25, -0.2) is 8.42 Å². The van der Waals surface area contributed by atoms with Crippen molar-refractivity contribution in [3.63, 3.8) is 0 Å². The summed E-state index contributed by atoms with van der Waals surface area (Å²) in [5.74, 6) is -0.359. The van der Waals surface area contributed by atoms with E-state index in [4.69, 9.17) is 0 Å². The van der Waals surface area contributed by atoms with E-state index in [0.717, 1.165) is 12.7 Å². The molecule has 0 unspecified atom stereocenters. The van der Waals surface area contributed by atoms with Gasteiger partial charge in [-0.3, -0.25) is 14.3 Å². The molecule has 0 N–H and O–H groups in total. The predicted molar refractivity (Wildman–Crippen MR) is 82.5 cm³/mol. The van der Waals surface area contributed by atoms with Crippen LogP contribution >= 0.6 is 0 Å². The normalized spacial score (nSPS) is 19.4. The maximum atomic E-state index is 12.5. The van der Waals surface area contributed by atoms with Gasteiger partial charge in [0.15, 0.2) is 0 Å².